The molecule has 1 unspecified atom stereocenters. The van der Waals surface area contributed by atoms with Crippen LogP contribution in [-0.4, -0.2) is 34.7 Å². The minimum Gasteiger partial charge on any atom is -0.464 e. The Hall–Kier alpha value is -3.47. The van der Waals surface area contributed by atoms with Crippen LogP contribution in [0.3, 0.4) is 0 Å². The molecule has 5 nitrogen and oxygen atoms in total. The second-order valence-electron chi connectivity index (χ2n) is 10.5. The molecule has 36 heavy (non-hydrogen) atoms. The molecule has 0 N–H and O–H groups in total. The summed E-state index contributed by atoms with van der Waals surface area (Å²) in [6, 6.07) is 19.8. The highest BCUT2D eigenvalue weighted by molar-refractivity contribution is 6.01. The van der Waals surface area contributed by atoms with E-state index in [0.717, 1.165) is 33.1 Å². The van der Waals surface area contributed by atoms with Gasteiger partial charge in [-0.2, -0.15) is 0 Å². The van der Waals surface area contributed by atoms with E-state index in [1.165, 1.54) is 0 Å². The predicted molar refractivity (Wildman–Crippen MR) is 145 cm³/mol. The van der Waals surface area contributed by atoms with Crippen LogP contribution < -0.4 is 0 Å². The number of aromatic nitrogens is 1. The number of carbonyl (C=O) groups excluding carboxylic acids is 2. The maximum Gasteiger partial charge on any atom is 0.233 e. The van der Waals surface area contributed by atoms with Crippen molar-refractivity contribution in [3.8, 4) is 0 Å². The second-order valence-corrected chi connectivity index (χ2v) is 10.5. The van der Waals surface area contributed by atoms with Crippen LogP contribution in [0.4, 0.5) is 0 Å². The van der Waals surface area contributed by atoms with Crippen molar-refractivity contribution >= 4 is 33.6 Å². The van der Waals surface area contributed by atoms with E-state index in [9.17, 15) is 9.59 Å². The summed E-state index contributed by atoms with van der Waals surface area (Å²) in [6.07, 6.45) is 2.88. The number of carbonyl (C=O) groups is 2. The van der Waals surface area contributed by atoms with Gasteiger partial charge in [-0.05, 0) is 54.2 Å². The van der Waals surface area contributed by atoms with E-state index >= 15 is 0 Å². The zero-order chi connectivity index (χ0) is 25.7. The minimum absolute atomic E-state index is 0.0280. The Labute approximate surface area is 213 Å². The molecule has 5 heteroatoms. The summed E-state index contributed by atoms with van der Waals surface area (Å²) in [5.41, 5.74) is 3.55. The van der Waals surface area contributed by atoms with Crippen LogP contribution in [0.2, 0.25) is 0 Å². The Bertz CT molecular complexity index is 1330. The Morgan fingerprint density at radius 3 is 2.39 bits per heavy atom. The quantitative estimate of drug-likeness (QED) is 0.229. The number of benzene rings is 2. The molecular formula is C31H36N2O3. The van der Waals surface area contributed by atoms with E-state index in [1.807, 2.05) is 59.5 Å². The Morgan fingerprint density at radius 2 is 1.64 bits per heavy atom. The lowest BCUT2D eigenvalue weighted by Crippen LogP contribution is -2.44. The molecule has 0 fully saturated rings. The molecule has 0 saturated carbocycles. The van der Waals surface area contributed by atoms with Gasteiger partial charge in [-0.25, -0.2) is 0 Å². The summed E-state index contributed by atoms with van der Waals surface area (Å²) in [5, 5.41) is 2.07. The molecule has 0 aliphatic heterocycles. The molecule has 0 bridgehead atoms. The average molecular weight is 485 g/mol. The predicted octanol–water partition coefficient (Wildman–Crippen LogP) is 6.48. The number of amides is 1. The summed E-state index contributed by atoms with van der Waals surface area (Å²) in [6.45, 7) is 9.71. The van der Waals surface area contributed by atoms with Crippen LogP contribution >= 0.6 is 0 Å². The molecule has 2 aromatic carbocycles. The fourth-order valence-corrected chi connectivity index (χ4v) is 4.74. The van der Waals surface area contributed by atoms with E-state index in [-0.39, 0.29) is 11.7 Å². The smallest absolute Gasteiger partial charge is 0.233 e. The van der Waals surface area contributed by atoms with Crippen LogP contribution in [0.1, 0.15) is 45.4 Å². The number of hydrogen-bond acceptors (Lipinski definition) is 4. The first-order chi connectivity index (χ1) is 17.3. The highest BCUT2D eigenvalue weighted by atomic mass is 16.3. The zero-order valence-electron chi connectivity index (χ0n) is 21.7. The minimum atomic E-state index is -0.742. The van der Waals surface area contributed by atoms with E-state index in [1.54, 1.807) is 6.26 Å². The third kappa shape index (κ3) is 6.39. The number of Topliss-reactive ketones (excluding diaryl/α,β-unsaturated/α-hetero) is 1. The molecule has 0 aliphatic carbocycles. The van der Waals surface area contributed by atoms with Gasteiger partial charge < -0.3 is 9.32 Å². The monoisotopic (exact) mass is 484 g/mol. The second kappa shape index (κ2) is 11.5. The molecule has 0 saturated heterocycles. The molecule has 4 aromatic rings. The summed E-state index contributed by atoms with van der Waals surface area (Å²) in [4.78, 5) is 34.1. The molecule has 1 amide bonds. The fraction of sp³-hybridized carbons (Fsp3) is 0.387. The molecular weight excluding hydrogens is 448 g/mol. The van der Waals surface area contributed by atoms with Gasteiger partial charge in [0.25, 0.3) is 0 Å². The number of furan rings is 1. The average Bonchev–Trinajstić information content (AvgIpc) is 3.32. The van der Waals surface area contributed by atoms with Crippen molar-refractivity contribution in [1.82, 2.24) is 9.88 Å². The molecule has 188 valence electrons. The van der Waals surface area contributed by atoms with Crippen molar-refractivity contribution in [2.75, 3.05) is 13.1 Å². The zero-order valence-corrected chi connectivity index (χ0v) is 21.7. The van der Waals surface area contributed by atoms with Crippen molar-refractivity contribution < 1.29 is 14.0 Å². The number of hydrogen-bond donors (Lipinski definition) is 0. The maximum absolute atomic E-state index is 13.8. The summed E-state index contributed by atoms with van der Waals surface area (Å²) < 4.78 is 5.43. The fourth-order valence-electron chi connectivity index (χ4n) is 4.74. The number of rotatable bonds is 11. The molecule has 0 spiro atoms. The highest BCUT2D eigenvalue weighted by Gasteiger charge is 2.31. The number of pyridine rings is 1. The van der Waals surface area contributed by atoms with E-state index < -0.39 is 5.92 Å². The molecule has 2 heterocycles. The molecule has 0 aliphatic rings. The lowest BCUT2D eigenvalue weighted by molar-refractivity contribution is -0.142. The maximum atomic E-state index is 13.8. The van der Waals surface area contributed by atoms with Gasteiger partial charge in [-0.3, -0.25) is 14.6 Å². The van der Waals surface area contributed by atoms with Gasteiger partial charge in [0.1, 0.15) is 17.3 Å². The van der Waals surface area contributed by atoms with Crippen molar-refractivity contribution in [3.05, 3.63) is 78.2 Å². The molecule has 4 rings (SSSR count). The normalized spacial score (nSPS) is 12.5. The number of fused-ring (bicyclic) bond motifs is 2. The van der Waals surface area contributed by atoms with E-state index in [2.05, 4.69) is 33.8 Å². The molecule has 2 aromatic heterocycles. The van der Waals surface area contributed by atoms with Gasteiger partial charge in [0, 0.05) is 42.4 Å². The molecule has 1 atom stereocenters. The van der Waals surface area contributed by atoms with Crippen LogP contribution in [0.5, 0.6) is 0 Å². The molecule has 0 radical (unpaired) electrons. The Morgan fingerprint density at radius 1 is 0.889 bits per heavy atom. The van der Waals surface area contributed by atoms with Crippen molar-refractivity contribution in [2.45, 2.75) is 47.0 Å². The van der Waals surface area contributed by atoms with Gasteiger partial charge in [-0.1, -0.05) is 58.0 Å². The standard InChI is InChI=1S/C31H36N2O3/c1-21(2)19-33(20-22(3)4)31(35)27(18-26-12-11-24-7-5-6-8-28(24)32-26)29(34)13-9-23-10-14-30-25(17-23)15-16-36-30/h5-8,10-12,14-17,21-22,27H,9,13,18-20H2,1-4H3. The number of aryl methyl sites for hydroxylation is 1. The Balaban J connectivity index is 1.58. The van der Waals surface area contributed by atoms with E-state index in [4.69, 9.17) is 9.40 Å². The number of nitrogens with zero attached hydrogens (tertiary/aromatic N) is 2. The van der Waals surface area contributed by atoms with E-state index in [0.29, 0.717) is 44.2 Å². The largest absolute Gasteiger partial charge is 0.464 e. The van der Waals surface area contributed by atoms with Crippen LogP contribution in [0.25, 0.3) is 21.9 Å². The van der Waals surface area contributed by atoms with Gasteiger partial charge in [-0.15, -0.1) is 0 Å². The SMILES string of the molecule is CC(C)CN(CC(C)C)C(=O)C(Cc1ccc2ccccc2n1)C(=O)CCc1ccc2occc2c1. The van der Waals surface area contributed by atoms with Crippen LogP contribution in [-0.2, 0) is 22.4 Å². The lowest BCUT2D eigenvalue weighted by atomic mass is 9.91. The van der Waals surface area contributed by atoms with Crippen LogP contribution in [0.15, 0.2) is 71.3 Å². The first kappa shape index (κ1) is 25.6. The number of ketones is 1. The topological polar surface area (TPSA) is 63.4 Å². The summed E-state index contributed by atoms with van der Waals surface area (Å²) in [7, 11) is 0. The van der Waals surface area contributed by atoms with Crippen molar-refractivity contribution in [3.63, 3.8) is 0 Å². The summed E-state index contributed by atoms with van der Waals surface area (Å²) in [5.74, 6) is -0.205. The first-order valence-electron chi connectivity index (χ1n) is 12.9. The van der Waals surface area contributed by atoms with Gasteiger partial charge in [0.2, 0.25) is 5.91 Å². The Kier molecular flexibility index (Phi) is 8.19. The third-order valence-electron chi connectivity index (χ3n) is 6.42. The highest BCUT2D eigenvalue weighted by Crippen LogP contribution is 2.22. The lowest BCUT2D eigenvalue weighted by Gasteiger charge is -2.30. The first-order valence-corrected chi connectivity index (χ1v) is 12.9. The summed E-state index contributed by atoms with van der Waals surface area (Å²) >= 11 is 0. The van der Waals surface area contributed by atoms with Gasteiger partial charge >= 0.3 is 0 Å². The number of para-hydroxylation sites is 1. The van der Waals surface area contributed by atoms with Crippen molar-refractivity contribution in [1.29, 1.82) is 0 Å². The third-order valence-corrected chi connectivity index (χ3v) is 6.42. The van der Waals surface area contributed by atoms with Crippen molar-refractivity contribution in [2.24, 2.45) is 17.8 Å². The van der Waals surface area contributed by atoms with Gasteiger partial charge in [0.05, 0.1) is 11.8 Å². The van der Waals surface area contributed by atoms with Gasteiger partial charge in [0.15, 0.2) is 0 Å². The van der Waals surface area contributed by atoms with Crippen LogP contribution in [0, 0.1) is 17.8 Å².